The Kier molecular flexibility index (Phi) is 4.00. The van der Waals surface area contributed by atoms with Crippen LogP contribution in [0.15, 0.2) is 44.7 Å². The van der Waals surface area contributed by atoms with Crippen LogP contribution in [-0.2, 0) is 6.54 Å². The molecule has 4 nitrogen and oxygen atoms in total. The molecule has 0 unspecified atom stereocenters. The zero-order chi connectivity index (χ0) is 15.8. The summed E-state index contributed by atoms with van der Waals surface area (Å²) < 4.78 is 19.1. The molecule has 7 heteroatoms. The van der Waals surface area contributed by atoms with Crippen molar-refractivity contribution in [3.8, 4) is 10.7 Å². The molecule has 0 atom stereocenters. The number of hydrogen-bond donors (Lipinski definition) is 0. The minimum Gasteiger partial charge on any atom is -0.339 e. The predicted molar refractivity (Wildman–Crippen MR) is 89.7 cm³/mol. The highest BCUT2D eigenvalue weighted by Crippen LogP contribution is 2.30. The molecule has 3 heterocycles. The van der Waals surface area contributed by atoms with Gasteiger partial charge in [0.1, 0.15) is 5.82 Å². The lowest BCUT2D eigenvalue weighted by Gasteiger charge is -2.37. The third-order valence-corrected chi connectivity index (χ3v) is 5.35. The van der Waals surface area contributed by atoms with E-state index in [2.05, 4.69) is 31.0 Å². The Bertz CT molecular complexity index is 815. The largest absolute Gasteiger partial charge is 0.339 e. The second-order valence-electron chi connectivity index (χ2n) is 5.57. The lowest BCUT2D eigenvalue weighted by atomic mass is 9.99. The van der Waals surface area contributed by atoms with Crippen LogP contribution in [0, 0.1) is 5.82 Å². The van der Waals surface area contributed by atoms with Crippen LogP contribution < -0.4 is 0 Å². The molecule has 1 aliphatic rings. The van der Waals surface area contributed by atoms with Gasteiger partial charge in [-0.1, -0.05) is 17.3 Å². The average Bonchev–Trinajstić information content (AvgIpc) is 3.16. The lowest BCUT2D eigenvalue weighted by Crippen LogP contribution is -2.44. The molecule has 2 aromatic heterocycles. The Balaban J connectivity index is 1.37. The van der Waals surface area contributed by atoms with Gasteiger partial charge in [-0.15, -0.1) is 11.3 Å². The highest BCUT2D eigenvalue weighted by atomic mass is 79.9. The number of rotatable bonds is 4. The Labute approximate surface area is 145 Å². The van der Waals surface area contributed by atoms with Gasteiger partial charge in [0.05, 0.1) is 15.3 Å². The molecule has 118 valence electrons. The molecule has 0 radical (unpaired) electrons. The van der Waals surface area contributed by atoms with E-state index in [-0.39, 0.29) is 11.7 Å². The first-order chi connectivity index (χ1) is 11.2. The zero-order valence-corrected chi connectivity index (χ0v) is 14.5. The van der Waals surface area contributed by atoms with Crippen molar-refractivity contribution < 1.29 is 8.91 Å². The van der Waals surface area contributed by atoms with E-state index in [0.29, 0.717) is 16.2 Å². The average molecular weight is 394 g/mol. The first kappa shape index (κ1) is 15.0. The fourth-order valence-corrected chi connectivity index (χ4v) is 3.73. The summed E-state index contributed by atoms with van der Waals surface area (Å²) in [6.45, 7) is 2.55. The molecule has 1 aromatic carbocycles. The maximum absolute atomic E-state index is 13.2. The highest BCUT2D eigenvalue weighted by molar-refractivity contribution is 9.10. The molecule has 0 saturated carbocycles. The Morgan fingerprint density at radius 3 is 2.96 bits per heavy atom. The molecule has 0 amide bonds. The van der Waals surface area contributed by atoms with Gasteiger partial charge >= 0.3 is 0 Å². The van der Waals surface area contributed by atoms with Crippen LogP contribution in [0.3, 0.4) is 0 Å². The molecule has 0 N–H and O–H groups in total. The van der Waals surface area contributed by atoms with Gasteiger partial charge in [-0.2, -0.15) is 4.98 Å². The van der Waals surface area contributed by atoms with Crippen LogP contribution in [0.4, 0.5) is 4.39 Å². The standard InChI is InChI=1S/C16H13BrFN3OS/c17-12-6-10(3-4-13(12)18)7-21-8-11(9-21)16-19-15(20-22-16)14-2-1-5-23-14/h1-6,11H,7-9H2. The van der Waals surface area contributed by atoms with E-state index < -0.39 is 0 Å². The van der Waals surface area contributed by atoms with Gasteiger partial charge in [-0.25, -0.2) is 4.39 Å². The number of halogens is 2. The molecule has 23 heavy (non-hydrogen) atoms. The van der Waals surface area contributed by atoms with E-state index in [0.717, 1.165) is 30.1 Å². The quantitative estimate of drug-likeness (QED) is 0.662. The smallest absolute Gasteiger partial charge is 0.232 e. The van der Waals surface area contributed by atoms with E-state index in [1.165, 1.54) is 6.07 Å². The second-order valence-corrected chi connectivity index (χ2v) is 7.38. The molecular formula is C16H13BrFN3OS. The number of nitrogens with zero attached hydrogens (tertiary/aromatic N) is 3. The summed E-state index contributed by atoms with van der Waals surface area (Å²) in [4.78, 5) is 7.79. The lowest BCUT2D eigenvalue weighted by molar-refractivity contribution is 0.117. The van der Waals surface area contributed by atoms with Crippen LogP contribution >= 0.6 is 27.3 Å². The summed E-state index contributed by atoms with van der Waals surface area (Å²) in [5.41, 5.74) is 1.08. The van der Waals surface area contributed by atoms with Crippen LogP contribution in [0.25, 0.3) is 10.7 Å². The molecule has 4 rings (SSSR count). The highest BCUT2D eigenvalue weighted by Gasteiger charge is 2.32. The van der Waals surface area contributed by atoms with Crippen LogP contribution in [-0.4, -0.2) is 28.1 Å². The maximum Gasteiger partial charge on any atom is 0.232 e. The van der Waals surface area contributed by atoms with Gasteiger partial charge < -0.3 is 4.52 Å². The van der Waals surface area contributed by atoms with Crippen molar-refractivity contribution in [2.24, 2.45) is 0 Å². The van der Waals surface area contributed by atoms with E-state index in [1.807, 2.05) is 29.6 Å². The minimum atomic E-state index is -0.234. The van der Waals surface area contributed by atoms with Gasteiger partial charge in [0.15, 0.2) is 0 Å². The van der Waals surface area contributed by atoms with E-state index in [4.69, 9.17) is 4.52 Å². The number of hydrogen-bond acceptors (Lipinski definition) is 5. The maximum atomic E-state index is 13.2. The summed E-state index contributed by atoms with van der Waals surface area (Å²) in [6, 6.07) is 9.09. The van der Waals surface area contributed by atoms with Gasteiger partial charge in [0.2, 0.25) is 11.7 Å². The molecule has 1 aliphatic heterocycles. The Hall–Kier alpha value is -1.57. The Morgan fingerprint density at radius 1 is 1.35 bits per heavy atom. The van der Waals surface area contributed by atoms with Gasteiger partial charge in [-0.05, 0) is 45.1 Å². The third kappa shape index (κ3) is 3.08. The van der Waals surface area contributed by atoms with Crippen LogP contribution in [0.2, 0.25) is 0 Å². The molecule has 1 fully saturated rings. The topological polar surface area (TPSA) is 42.2 Å². The third-order valence-electron chi connectivity index (χ3n) is 3.88. The predicted octanol–water partition coefficient (Wildman–Crippen LogP) is 4.30. The number of thiophene rings is 1. The first-order valence-electron chi connectivity index (χ1n) is 7.23. The summed E-state index contributed by atoms with van der Waals surface area (Å²) >= 11 is 4.82. The number of aromatic nitrogens is 2. The minimum absolute atomic E-state index is 0.234. The molecule has 0 aliphatic carbocycles. The van der Waals surface area contributed by atoms with E-state index in [1.54, 1.807) is 11.3 Å². The van der Waals surface area contributed by atoms with Crippen LogP contribution in [0.1, 0.15) is 17.4 Å². The summed E-state index contributed by atoms with van der Waals surface area (Å²) in [5, 5.41) is 6.05. The molecule has 0 bridgehead atoms. The fraction of sp³-hybridized carbons (Fsp3) is 0.250. The SMILES string of the molecule is Fc1ccc(CN2CC(c3nc(-c4cccs4)no3)C2)cc1Br. The van der Waals surface area contributed by atoms with Gasteiger partial charge in [0, 0.05) is 19.6 Å². The van der Waals surface area contributed by atoms with Crippen molar-refractivity contribution in [2.75, 3.05) is 13.1 Å². The number of benzene rings is 1. The van der Waals surface area contributed by atoms with Crippen LogP contribution in [0.5, 0.6) is 0 Å². The van der Waals surface area contributed by atoms with Gasteiger partial charge in [-0.3, -0.25) is 4.90 Å². The number of likely N-dealkylation sites (tertiary alicyclic amines) is 1. The van der Waals surface area contributed by atoms with Gasteiger partial charge in [0.25, 0.3) is 0 Å². The van der Waals surface area contributed by atoms with Crippen molar-refractivity contribution in [3.63, 3.8) is 0 Å². The zero-order valence-electron chi connectivity index (χ0n) is 12.1. The Morgan fingerprint density at radius 2 is 2.22 bits per heavy atom. The normalized spacial score (nSPS) is 15.7. The molecule has 0 spiro atoms. The first-order valence-corrected chi connectivity index (χ1v) is 8.90. The summed E-state index contributed by atoms with van der Waals surface area (Å²) in [7, 11) is 0. The summed E-state index contributed by atoms with van der Waals surface area (Å²) in [5.74, 6) is 1.41. The van der Waals surface area contributed by atoms with E-state index in [9.17, 15) is 4.39 Å². The van der Waals surface area contributed by atoms with E-state index >= 15 is 0 Å². The molecule has 1 saturated heterocycles. The summed E-state index contributed by atoms with van der Waals surface area (Å²) in [6.07, 6.45) is 0. The molecular weight excluding hydrogens is 381 g/mol. The monoisotopic (exact) mass is 393 g/mol. The second kappa shape index (κ2) is 6.14. The van der Waals surface area contributed by atoms with Crippen molar-refractivity contribution >= 4 is 27.3 Å². The van der Waals surface area contributed by atoms with Crippen molar-refractivity contribution in [3.05, 3.63) is 57.5 Å². The van der Waals surface area contributed by atoms with Crippen molar-refractivity contribution in [1.29, 1.82) is 0 Å². The fourth-order valence-electron chi connectivity index (χ4n) is 2.66. The van der Waals surface area contributed by atoms with Crippen molar-refractivity contribution in [2.45, 2.75) is 12.5 Å². The van der Waals surface area contributed by atoms with Crippen molar-refractivity contribution in [1.82, 2.24) is 15.0 Å². The molecule has 3 aromatic rings.